The molecule has 0 bridgehead atoms. The monoisotopic (exact) mass is 267 g/mol. The van der Waals surface area contributed by atoms with Crippen molar-refractivity contribution >= 4 is 29.3 Å². The summed E-state index contributed by atoms with van der Waals surface area (Å²) in [4.78, 5) is 23.1. The zero-order valence-corrected chi connectivity index (χ0v) is 11.3. The summed E-state index contributed by atoms with van der Waals surface area (Å²) >= 11 is 1.20. The van der Waals surface area contributed by atoms with E-state index in [0.717, 1.165) is 11.3 Å². The topological polar surface area (TPSA) is 66.4 Å². The SMILES string of the molecule is CC[C@H](C)C(=O)Nc1ccccc1SCC(=O)O. The van der Waals surface area contributed by atoms with Crippen molar-refractivity contribution in [3.8, 4) is 0 Å². The van der Waals surface area contributed by atoms with Gasteiger partial charge in [0.25, 0.3) is 0 Å². The van der Waals surface area contributed by atoms with E-state index in [9.17, 15) is 9.59 Å². The fourth-order valence-corrected chi connectivity index (χ4v) is 2.00. The van der Waals surface area contributed by atoms with E-state index in [4.69, 9.17) is 5.11 Å². The van der Waals surface area contributed by atoms with Crippen molar-refractivity contribution in [2.45, 2.75) is 25.2 Å². The highest BCUT2D eigenvalue weighted by atomic mass is 32.2. The first-order valence-corrected chi connectivity index (χ1v) is 6.77. The molecule has 0 unspecified atom stereocenters. The number of hydrogen-bond donors (Lipinski definition) is 2. The number of para-hydroxylation sites is 1. The van der Waals surface area contributed by atoms with E-state index in [0.29, 0.717) is 5.69 Å². The maximum atomic E-state index is 11.8. The van der Waals surface area contributed by atoms with Gasteiger partial charge in [-0.05, 0) is 18.6 Å². The number of carboxylic acids is 1. The summed E-state index contributed by atoms with van der Waals surface area (Å²) in [6.45, 7) is 3.82. The molecule has 2 N–H and O–H groups in total. The van der Waals surface area contributed by atoms with Crippen LogP contribution in [0.3, 0.4) is 0 Å². The number of rotatable bonds is 6. The van der Waals surface area contributed by atoms with Crippen molar-refractivity contribution in [3.05, 3.63) is 24.3 Å². The first-order chi connectivity index (χ1) is 8.54. The zero-order valence-electron chi connectivity index (χ0n) is 10.5. The van der Waals surface area contributed by atoms with E-state index in [1.165, 1.54) is 11.8 Å². The van der Waals surface area contributed by atoms with Gasteiger partial charge in [-0.25, -0.2) is 0 Å². The Morgan fingerprint density at radius 3 is 2.67 bits per heavy atom. The third kappa shape index (κ3) is 4.41. The van der Waals surface area contributed by atoms with Gasteiger partial charge in [0.15, 0.2) is 0 Å². The van der Waals surface area contributed by atoms with Crippen LogP contribution in [0.5, 0.6) is 0 Å². The second kappa shape index (κ2) is 7.06. The largest absolute Gasteiger partial charge is 0.481 e. The Morgan fingerprint density at radius 2 is 2.06 bits per heavy atom. The quantitative estimate of drug-likeness (QED) is 0.778. The lowest BCUT2D eigenvalue weighted by Crippen LogP contribution is -2.20. The van der Waals surface area contributed by atoms with E-state index in [2.05, 4.69) is 5.32 Å². The molecule has 1 rings (SSSR count). The molecule has 1 amide bonds. The number of carbonyl (C=O) groups excluding carboxylic acids is 1. The van der Waals surface area contributed by atoms with E-state index in [-0.39, 0.29) is 17.6 Å². The van der Waals surface area contributed by atoms with Gasteiger partial charge in [-0.1, -0.05) is 26.0 Å². The van der Waals surface area contributed by atoms with Crippen LogP contribution >= 0.6 is 11.8 Å². The smallest absolute Gasteiger partial charge is 0.313 e. The lowest BCUT2D eigenvalue weighted by atomic mass is 10.1. The normalized spacial score (nSPS) is 11.9. The van der Waals surface area contributed by atoms with Crippen LogP contribution in [0.1, 0.15) is 20.3 Å². The summed E-state index contributed by atoms with van der Waals surface area (Å²) < 4.78 is 0. The van der Waals surface area contributed by atoms with Crippen LogP contribution in [-0.4, -0.2) is 22.7 Å². The van der Waals surface area contributed by atoms with Crippen LogP contribution in [0.2, 0.25) is 0 Å². The maximum Gasteiger partial charge on any atom is 0.313 e. The Morgan fingerprint density at radius 1 is 1.39 bits per heavy atom. The summed E-state index contributed by atoms with van der Waals surface area (Å²) in [6.07, 6.45) is 0.774. The number of amides is 1. The van der Waals surface area contributed by atoms with Gasteiger partial charge in [0.1, 0.15) is 0 Å². The highest BCUT2D eigenvalue weighted by Gasteiger charge is 2.13. The molecule has 0 spiro atoms. The molecule has 0 aromatic heterocycles. The van der Waals surface area contributed by atoms with Gasteiger partial charge in [-0.15, -0.1) is 11.8 Å². The van der Waals surface area contributed by atoms with Crippen molar-refractivity contribution in [1.29, 1.82) is 0 Å². The molecule has 18 heavy (non-hydrogen) atoms. The molecule has 0 heterocycles. The van der Waals surface area contributed by atoms with Crippen LogP contribution in [0, 0.1) is 5.92 Å². The third-order valence-electron chi connectivity index (χ3n) is 2.56. The Kier molecular flexibility index (Phi) is 5.71. The lowest BCUT2D eigenvalue weighted by Gasteiger charge is -2.12. The number of hydrogen-bond acceptors (Lipinski definition) is 3. The fraction of sp³-hybridized carbons (Fsp3) is 0.385. The van der Waals surface area contributed by atoms with Crippen LogP contribution < -0.4 is 5.32 Å². The summed E-state index contributed by atoms with van der Waals surface area (Å²) in [5.74, 6) is -0.984. The number of carbonyl (C=O) groups is 2. The number of thioether (sulfide) groups is 1. The predicted molar refractivity (Wildman–Crippen MR) is 72.9 cm³/mol. The molecule has 5 heteroatoms. The molecule has 0 aliphatic heterocycles. The highest BCUT2D eigenvalue weighted by Crippen LogP contribution is 2.27. The van der Waals surface area contributed by atoms with Gasteiger partial charge < -0.3 is 10.4 Å². The molecule has 4 nitrogen and oxygen atoms in total. The van der Waals surface area contributed by atoms with Crippen molar-refractivity contribution in [2.24, 2.45) is 5.92 Å². The number of anilines is 1. The van der Waals surface area contributed by atoms with Crippen LogP contribution in [0.4, 0.5) is 5.69 Å². The van der Waals surface area contributed by atoms with Gasteiger partial charge in [0.05, 0.1) is 11.4 Å². The van der Waals surface area contributed by atoms with E-state index in [1.54, 1.807) is 12.1 Å². The van der Waals surface area contributed by atoms with Crippen molar-refractivity contribution in [3.63, 3.8) is 0 Å². The Balaban J connectivity index is 2.75. The number of nitrogens with one attached hydrogen (secondary N) is 1. The molecule has 0 aliphatic carbocycles. The molecule has 1 aromatic rings. The number of benzene rings is 1. The Hall–Kier alpha value is -1.49. The van der Waals surface area contributed by atoms with Crippen molar-refractivity contribution in [2.75, 3.05) is 11.1 Å². The van der Waals surface area contributed by atoms with Crippen LogP contribution in [0.25, 0.3) is 0 Å². The minimum atomic E-state index is -0.872. The van der Waals surface area contributed by atoms with E-state index >= 15 is 0 Å². The molecule has 98 valence electrons. The van der Waals surface area contributed by atoms with Gasteiger partial charge in [0, 0.05) is 10.8 Å². The summed E-state index contributed by atoms with van der Waals surface area (Å²) in [7, 11) is 0. The standard InChI is InChI=1S/C13H17NO3S/c1-3-9(2)13(17)14-10-6-4-5-7-11(10)18-8-12(15)16/h4-7,9H,3,8H2,1-2H3,(H,14,17)(H,15,16)/t9-/m0/s1. The molecule has 0 fully saturated rings. The predicted octanol–water partition coefficient (Wildman–Crippen LogP) is 2.85. The lowest BCUT2D eigenvalue weighted by molar-refractivity contribution is -0.133. The van der Waals surface area contributed by atoms with Gasteiger partial charge in [-0.3, -0.25) is 9.59 Å². The third-order valence-corrected chi connectivity index (χ3v) is 3.61. The average molecular weight is 267 g/mol. The number of carboxylic acid groups (broad SMARTS) is 1. The Bertz CT molecular complexity index is 434. The molecule has 1 aromatic carbocycles. The minimum absolute atomic E-state index is 0.0176. The molecular formula is C13H17NO3S. The van der Waals surface area contributed by atoms with E-state index < -0.39 is 5.97 Å². The molecule has 0 saturated carbocycles. The van der Waals surface area contributed by atoms with Crippen molar-refractivity contribution in [1.82, 2.24) is 0 Å². The van der Waals surface area contributed by atoms with Crippen molar-refractivity contribution < 1.29 is 14.7 Å². The molecule has 1 atom stereocenters. The second-order valence-electron chi connectivity index (χ2n) is 3.98. The minimum Gasteiger partial charge on any atom is -0.481 e. The molecular weight excluding hydrogens is 250 g/mol. The highest BCUT2D eigenvalue weighted by molar-refractivity contribution is 8.00. The Labute approximate surface area is 111 Å². The average Bonchev–Trinajstić information content (AvgIpc) is 2.36. The summed E-state index contributed by atoms with van der Waals surface area (Å²) in [5, 5.41) is 11.5. The van der Waals surface area contributed by atoms with Gasteiger partial charge in [-0.2, -0.15) is 0 Å². The van der Waals surface area contributed by atoms with Crippen LogP contribution in [-0.2, 0) is 9.59 Å². The summed E-state index contributed by atoms with van der Waals surface area (Å²) in [6, 6.07) is 7.23. The molecule has 0 saturated heterocycles. The fourth-order valence-electron chi connectivity index (χ4n) is 1.28. The van der Waals surface area contributed by atoms with Crippen LogP contribution in [0.15, 0.2) is 29.2 Å². The maximum absolute atomic E-state index is 11.8. The van der Waals surface area contributed by atoms with Gasteiger partial charge in [0.2, 0.25) is 5.91 Å². The second-order valence-corrected chi connectivity index (χ2v) is 4.99. The zero-order chi connectivity index (χ0) is 13.5. The summed E-state index contributed by atoms with van der Waals surface area (Å²) in [5.41, 5.74) is 0.675. The number of aliphatic carboxylic acids is 1. The molecule has 0 aliphatic rings. The first-order valence-electron chi connectivity index (χ1n) is 5.79. The van der Waals surface area contributed by atoms with E-state index in [1.807, 2.05) is 26.0 Å². The van der Waals surface area contributed by atoms with Gasteiger partial charge >= 0.3 is 5.97 Å². The molecule has 0 radical (unpaired) electrons. The first kappa shape index (κ1) is 14.6.